The topological polar surface area (TPSA) is 136 Å². The Morgan fingerprint density at radius 3 is 2.59 bits per heavy atom. The van der Waals surface area contributed by atoms with Crippen LogP contribution in [0.1, 0.15) is 0 Å². The standard InChI is InChI=1S/C15H17N3O8S/c1-16(2)14(19)7-8-17-9-12(26-15(17)20)10-25-27(23,24)13-5-3-11(4-6-13)18(21)22/h3-8,12H,9-10H2,1-2H3/t12-/m0/s1. The first-order valence-electron chi connectivity index (χ1n) is 7.61. The Morgan fingerprint density at radius 2 is 2.04 bits per heavy atom. The molecule has 0 spiro atoms. The number of amides is 2. The molecule has 27 heavy (non-hydrogen) atoms. The molecule has 2 amide bonds. The van der Waals surface area contributed by atoms with E-state index in [4.69, 9.17) is 8.92 Å². The monoisotopic (exact) mass is 399 g/mol. The maximum atomic E-state index is 12.1. The molecule has 0 radical (unpaired) electrons. The average molecular weight is 399 g/mol. The second-order valence-electron chi connectivity index (χ2n) is 5.70. The van der Waals surface area contributed by atoms with Gasteiger partial charge in [0.05, 0.1) is 16.4 Å². The van der Waals surface area contributed by atoms with Crippen LogP contribution in [-0.2, 0) is 23.8 Å². The number of carbonyl (C=O) groups excluding carboxylic acids is 2. The quantitative estimate of drug-likeness (QED) is 0.283. The van der Waals surface area contributed by atoms with Gasteiger partial charge in [-0.05, 0) is 12.1 Å². The zero-order valence-corrected chi connectivity index (χ0v) is 15.3. The van der Waals surface area contributed by atoms with Crippen molar-refractivity contribution in [2.75, 3.05) is 27.2 Å². The summed E-state index contributed by atoms with van der Waals surface area (Å²) in [6, 6.07) is 4.19. The van der Waals surface area contributed by atoms with E-state index < -0.39 is 33.8 Å². The van der Waals surface area contributed by atoms with Crippen LogP contribution in [-0.4, -0.2) is 68.5 Å². The Labute approximate surface area is 155 Å². The number of ether oxygens (including phenoxy) is 1. The number of nitro benzene ring substituents is 1. The van der Waals surface area contributed by atoms with E-state index in [1.807, 2.05) is 0 Å². The highest BCUT2D eigenvalue weighted by molar-refractivity contribution is 7.86. The largest absolute Gasteiger partial charge is 0.441 e. The second-order valence-corrected chi connectivity index (χ2v) is 7.31. The molecule has 1 saturated heterocycles. The fraction of sp³-hybridized carbons (Fsp3) is 0.333. The molecule has 0 saturated carbocycles. The highest BCUT2D eigenvalue weighted by Crippen LogP contribution is 2.19. The average Bonchev–Trinajstić information content (AvgIpc) is 2.97. The number of non-ortho nitro benzene ring substituents is 1. The summed E-state index contributed by atoms with van der Waals surface area (Å²) in [5.41, 5.74) is -0.256. The van der Waals surface area contributed by atoms with Crippen molar-refractivity contribution >= 4 is 27.8 Å². The SMILES string of the molecule is CN(C)C(=O)C=CN1C[C@@H](COS(=O)(=O)c2ccc([N+](=O)[O-])cc2)OC1=O. The van der Waals surface area contributed by atoms with Crippen LogP contribution >= 0.6 is 0 Å². The maximum absolute atomic E-state index is 12.1. The van der Waals surface area contributed by atoms with Gasteiger partial charge in [0.1, 0.15) is 12.7 Å². The van der Waals surface area contributed by atoms with Crippen molar-refractivity contribution in [2.45, 2.75) is 11.0 Å². The molecule has 1 fully saturated rings. The third-order valence-corrected chi connectivity index (χ3v) is 4.78. The number of rotatable bonds is 7. The molecule has 2 rings (SSSR count). The van der Waals surface area contributed by atoms with Crippen molar-refractivity contribution < 1.29 is 31.9 Å². The van der Waals surface area contributed by atoms with Crippen molar-refractivity contribution in [3.8, 4) is 0 Å². The lowest BCUT2D eigenvalue weighted by Crippen LogP contribution is -2.24. The molecule has 0 aliphatic carbocycles. The molecule has 0 bridgehead atoms. The predicted molar refractivity (Wildman–Crippen MR) is 91.0 cm³/mol. The summed E-state index contributed by atoms with van der Waals surface area (Å²) in [5, 5.41) is 10.6. The number of hydrogen-bond donors (Lipinski definition) is 0. The van der Waals surface area contributed by atoms with Gasteiger partial charge in [-0.2, -0.15) is 8.42 Å². The Morgan fingerprint density at radius 1 is 1.41 bits per heavy atom. The molecule has 1 aliphatic rings. The van der Waals surface area contributed by atoms with Gasteiger partial charge in [-0.25, -0.2) is 4.79 Å². The fourth-order valence-corrected chi connectivity index (χ4v) is 2.96. The molecule has 0 aromatic heterocycles. The zero-order chi connectivity index (χ0) is 20.2. The summed E-state index contributed by atoms with van der Waals surface area (Å²) in [6.07, 6.45) is 0.830. The lowest BCUT2D eigenvalue weighted by Gasteiger charge is -2.10. The number of nitrogens with zero attached hydrogens (tertiary/aromatic N) is 3. The molecule has 1 heterocycles. The molecule has 146 valence electrons. The lowest BCUT2D eigenvalue weighted by molar-refractivity contribution is -0.384. The molecule has 0 unspecified atom stereocenters. The smallest absolute Gasteiger partial charge is 0.414 e. The van der Waals surface area contributed by atoms with E-state index in [1.165, 1.54) is 17.2 Å². The van der Waals surface area contributed by atoms with E-state index in [2.05, 4.69) is 0 Å². The molecular formula is C15H17N3O8S. The van der Waals surface area contributed by atoms with Crippen molar-refractivity contribution in [1.29, 1.82) is 0 Å². The van der Waals surface area contributed by atoms with Gasteiger partial charge in [0.25, 0.3) is 15.8 Å². The molecule has 1 aliphatic heterocycles. The van der Waals surface area contributed by atoms with E-state index in [1.54, 1.807) is 14.1 Å². The number of benzene rings is 1. The summed E-state index contributed by atoms with van der Waals surface area (Å²) >= 11 is 0. The minimum Gasteiger partial charge on any atom is -0.441 e. The van der Waals surface area contributed by atoms with Gasteiger partial charge in [0.2, 0.25) is 5.91 Å². The highest BCUT2D eigenvalue weighted by Gasteiger charge is 2.32. The van der Waals surface area contributed by atoms with Gasteiger partial charge in [-0.15, -0.1) is 0 Å². The molecule has 0 N–H and O–H groups in total. The van der Waals surface area contributed by atoms with Crippen LogP contribution in [0.2, 0.25) is 0 Å². The van der Waals surface area contributed by atoms with Gasteiger partial charge in [-0.1, -0.05) is 0 Å². The van der Waals surface area contributed by atoms with Crippen molar-refractivity contribution in [3.63, 3.8) is 0 Å². The third-order valence-electron chi connectivity index (χ3n) is 3.49. The van der Waals surface area contributed by atoms with Gasteiger partial charge < -0.3 is 9.64 Å². The van der Waals surface area contributed by atoms with Crippen molar-refractivity contribution in [2.24, 2.45) is 0 Å². The number of likely N-dealkylation sites (N-methyl/N-ethyl adjacent to an activating group) is 1. The molecule has 12 heteroatoms. The number of carbonyl (C=O) groups is 2. The van der Waals surface area contributed by atoms with Crippen LogP contribution in [0.4, 0.5) is 10.5 Å². The van der Waals surface area contributed by atoms with Crippen LogP contribution < -0.4 is 0 Å². The minimum absolute atomic E-state index is 0.00578. The number of nitro groups is 1. The lowest BCUT2D eigenvalue weighted by atomic mass is 10.3. The molecule has 11 nitrogen and oxygen atoms in total. The maximum Gasteiger partial charge on any atom is 0.414 e. The minimum atomic E-state index is -4.17. The van der Waals surface area contributed by atoms with Crippen molar-refractivity contribution in [1.82, 2.24) is 9.80 Å². The van der Waals surface area contributed by atoms with Gasteiger partial charge in [0, 0.05) is 38.5 Å². The first-order valence-corrected chi connectivity index (χ1v) is 9.01. The van der Waals surface area contributed by atoms with E-state index in [0.29, 0.717) is 0 Å². The highest BCUT2D eigenvalue weighted by atomic mass is 32.2. The zero-order valence-electron chi connectivity index (χ0n) is 14.5. The summed E-state index contributed by atoms with van der Waals surface area (Å²) in [4.78, 5) is 35.3. The third kappa shape index (κ3) is 5.24. The van der Waals surface area contributed by atoms with Gasteiger partial charge >= 0.3 is 6.09 Å². The fourth-order valence-electron chi connectivity index (χ4n) is 2.02. The van der Waals surface area contributed by atoms with Crippen LogP contribution in [0.25, 0.3) is 0 Å². The van der Waals surface area contributed by atoms with Gasteiger partial charge in [-0.3, -0.25) is 24.0 Å². The Kier molecular flexibility index (Phi) is 6.13. The van der Waals surface area contributed by atoms with Crippen LogP contribution in [0.5, 0.6) is 0 Å². The van der Waals surface area contributed by atoms with Crippen LogP contribution in [0.3, 0.4) is 0 Å². The van der Waals surface area contributed by atoms with Gasteiger partial charge in [0.15, 0.2) is 0 Å². The molecule has 1 atom stereocenters. The first-order chi connectivity index (χ1) is 12.6. The molecule has 1 aromatic rings. The Balaban J connectivity index is 1.95. The summed E-state index contributed by atoms with van der Waals surface area (Å²) in [5.74, 6) is -0.330. The van der Waals surface area contributed by atoms with E-state index in [-0.39, 0.29) is 23.0 Å². The predicted octanol–water partition coefficient (Wildman–Crippen LogP) is 0.723. The number of hydrogen-bond acceptors (Lipinski definition) is 8. The first kappa shape index (κ1) is 20.3. The number of cyclic esters (lactones) is 1. The van der Waals surface area contributed by atoms with Crippen LogP contribution in [0, 0.1) is 10.1 Å². The Bertz CT molecular complexity index is 864. The Hall–Kier alpha value is -2.99. The van der Waals surface area contributed by atoms with E-state index in [0.717, 1.165) is 29.2 Å². The summed E-state index contributed by atoms with van der Waals surface area (Å²) < 4.78 is 34.1. The summed E-state index contributed by atoms with van der Waals surface area (Å²) in [6.45, 7) is -0.428. The second kappa shape index (κ2) is 8.14. The van der Waals surface area contributed by atoms with Crippen LogP contribution in [0.15, 0.2) is 41.4 Å². The van der Waals surface area contributed by atoms with Crippen molar-refractivity contribution in [3.05, 3.63) is 46.7 Å². The normalized spacial score (nSPS) is 17.2. The molecular weight excluding hydrogens is 382 g/mol. The van der Waals surface area contributed by atoms with E-state index in [9.17, 15) is 28.1 Å². The summed E-state index contributed by atoms with van der Waals surface area (Å²) in [7, 11) is -1.07. The van der Waals surface area contributed by atoms with E-state index >= 15 is 0 Å². The molecule has 1 aromatic carbocycles.